The summed E-state index contributed by atoms with van der Waals surface area (Å²) in [4.78, 5) is 6.08. The Kier molecular flexibility index (Phi) is 4.79. The third-order valence-corrected chi connectivity index (χ3v) is 5.49. The van der Waals surface area contributed by atoms with Crippen LogP contribution >= 0.6 is 11.3 Å². The van der Waals surface area contributed by atoms with Crippen molar-refractivity contribution in [2.24, 2.45) is 11.8 Å². The highest BCUT2D eigenvalue weighted by Crippen LogP contribution is 2.35. The van der Waals surface area contributed by atoms with E-state index in [9.17, 15) is 0 Å². The van der Waals surface area contributed by atoms with Gasteiger partial charge in [0.05, 0.1) is 10.7 Å². The van der Waals surface area contributed by atoms with Crippen molar-refractivity contribution in [2.75, 3.05) is 6.54 Å². The molecule has 1 N–H and O–H groups in total. The maximum atomic E-state index is 4.69. The molecule has 3 atom stereocenters. The van der Waals surface area contributed by atoms with Gasteiger partial charge < -0.3 is 5.32 Å². The Morgan fingerprint density at radius 3 is 2.72 bits per heavy atom. The third kappa shape index (κ3) is 3.12. The van der Waals surface area contributed by atoms with Crippen molar-refractivity contribution in [3.05, 3.63) is 15.6 Å². The van der Waals surface area contributed by atoms with E-state index in [1.54, 1.807) is 0 Å². The van der Waals surface area contributed by atoms with Crippen LogP contribution in [-0.2, 0) is 6.42 Å². The molecule has 102 valence electrons. The zero-order valence-electron chi connectivity index (χ0n) is 12.1. The van der Waals surface area contributed by atoms with E-state index in [0.29, 0.717) is 0 Å². The van der Waals surface area contributed by atoms with E-state index < -0.39 is 0 Å². The molecule has 1 aromatic rings. The van der Waals surface area contributed by atoms with Crippen molar-refractivity contribution in [3.8, 4) is 0 Å². The molecule has 3 unspecified atom stereocenters. The summed E-state index contributed by atoms with van der Waals surface area (Å²) in [6, 6.07) is 0.733. The van der Waals surface area contributed by atoms with Gasteiger partial charge in [-0.3, -0.25) is 0 Å². The fraction of sp³-hybridized carbons (Fsp3) is 0.800. The number of aryl methyl sites for hydroxylation is 2. The summed E-state index contributed by atoms with van der Waals surface area (Å²) in [5.41, 5.74) is 1.22. The normalized spacial score (nSPS) is 27.9. The van der Waals surface area contributed by atoms with Crippen molar-refractivity contribution in [1.29, 1.82) is 0 Å². The van der Waals surface area contributed by atoms with Gasteiger partial charge in [-0.15, -0.1) is 11.3 Å². The summed E-state index contributed by atoms with van der Waals surface area (Å²) < 4.78 is 0. The number of nitrogens with one attached hydrogen (secondary N) is 1. The van der Waals surface area contributed by atoms with E-state index in [1.165, 1.54) is 41.3 Å². The van der Waals surface area contributed by atoms with Crippen LogP contribution in [0.2, 0.25) is 0 Å². The predicted octanol–water partition coefficient (Wildman–Crippen LogP) is 3.72. The molecule has 1 fully saturated rings. The molecule has 0 spiro atoms. The molecule has 18 heavy (non-hydrogen) atoms. The molecule has 1 heterocycles. The maximum Gasteiger partial charge on any atom is 0.0933 e. The van der Waals surface area contributed by atoms with Crippen LogP contribution in [-0.4, -0.2) is 17.6 Å². The molecule has 0 radical (unpaired) electrons. The van der Waals surface area contributed by atoms with E-state index in [-0.39, 0.29) is 0 Å². The minimum Gasteiger partial charge on any atom is -0.314 e. The molecule has 0 aromatic carbocycles. The van der Waals surface area contributed by atoms with Crippen molar-refractivity contribution in [1.82, 2.24) is 10.3 Å². The fourth-order valence-corrected chi connectivity index (χ4v) is 4.03. The predicted molar refractivity (Wildman–Crippen MR) is 79.3 cm³/mol. The summed E-state index contributed by atoms with van der Waals surface area (Å²) in [7, 11) is 0. The number of aromatic nitrogens is 1. The van der Waals surface area contributed by atoms with E-state index in [0.717, 1.165) is 24.4 Å². The Labute approximate surface area is 115 Å². The second kappa shape index (κ2) is 6.16. The molecule has 2 nitrogen and oxygen atoms in total. The number of hydrogen-bond acceptors (Lipinski definition) is 3. The van der Waals surface area contributed by atoms with Crippen molar-refractivity contribution < 1.29 is 0 Å². The lowest BCUT2D eigenvalue weighted by Gasteiger charge is -2.21. The number of thiazole rings is 1. The van der Waals surface area contributed by atoms with Gasteiger partial charge in [0.2, 0.25) is 0 Å². The van der Waals surface area contributed by atoms with Gasteiger partial charge in [-0.05, 0) is 51.5 Å². The van der Waals surface area contributed by atoms with Gasteiger partial charge in [-0.25, -0.2) is 4.98 Å². The smallest absolute Gasteiger partial charge is 0.0933 e. The molecule has 3 heteroatoms. The second-order valence-electron chi connectivity index (χ2n) is 5.71. The largest absolute Gasteiger partial charge is 0.314 e. The van der Waals surface area contributed by atoms with Crippen LogP contribution in [0.3, 0.4) is 0 Å². The molecule has 1 saturated carbocycles. The van der Waals surface area contributed by atoms with E-state index in [1.807, 2.05) is 11.3 Å². The fourth-order valence-electron chi connectivity index (χ4n) is 3.00. The summed E-state index contributed by atoms with van der Waals surface area (Å²) in [6.07, 6.45) is 5.12. The van der Waals surface area contributed by atoms with Gasteiger partial charge in [0.15, 0.2) is 0 Å². The van der Waals surface area contributed by atoms with Gasteiger partial charge in [0.25, 0.3) is 0 Å². The zero-order valence-corrected chi connectivity index (χ0v) is 12.9. The van der Waals surface area contributed by atoms with Crippen LogP contribution in [0.25, 0.3) is 0 Å². The molecule has 0 bridgehead atoms. The lowest BCUT2D eigenvalue weighted by molar-refractivity contribution is 0.351. The first-order valence-electron chi connectivity index (χ1n) is 7.28. The zero-order chi connectivity index (χ0) is 13.1. The highest BCUT2D eigenvalue weighted by Gasteiger charge is 2.32. The monoisotopic (exact) mass is 266 g/mol. The van der Waals surface area contributed by atoms with Gasteiger partial charge in [-0.2, -0.15) is 0 Å². The molecule has 1 aromatic heterocycles. The van der Waals surface area contributed by atoms with Gasteiger partial charge >= 0.3 is 0 Å². The Morgan fingerprint density at radius 1 is 1.33 bits per heavy atom. The minimum atomic E-state index is 0.733. The van der Waals surface area contributed by atoms with Crippen molar-refractivity contribution in [3.63, 3.8) is 0 Å². The van der Waals surface area contributed by atoms with Crippen molar-refractivity contribution >= 4 is 11.3 Å². The lowest BCUT2D eigenvalue weighted by Crippen LogP contribution is -2.33. The summed E-state index contributed by atoms with van der Waals surface area (Å²) in [5.74, 6) is 1.62. The van der Waals surface area contributed by atoms with Crippen LogP contribution in [0.1, 0.15) is 48.7 Å². The molecular formula is C15H26N2S. The van der Waals surface area contributed by atoms with Gasteiger partial charge in [-0.1, -0.05) is 13.8 Å². The Bertz CT molecular complexity index is 366. The van der Waals surface area contributed by atoms with E-state index in [2.05, 4.69) is 33.0 Å². The van der Waals surface area contributed by atoms with Gasteiger partial charge in [0, 0.05) is 17.3 Å². The van der Waals surface area contributed by atoms with E-state index >= 15 is 0 Å². The molecule has 1 aliphatic rings. The average Bonchev–Trinajstić information content (AvgIpc) is 2.83. The second-order valence-corrected chi connectivity index (χ2v) is 7.00. The minimum absolute atomic E-state index is 0.733. The first kappa shape index (κ1) is 14.0. The van der Waals surface area contributed by atoms with Crippen molar-refractivity contribution in [2.45, 2.75) is 59.4 Å². The van der Waals surface area contributed by atoms with Crippen LogP contribution in [0.5, 0.6) is 0 Å². The van der Waals surface area contributed by atoms with E-state index in [4.69, 9.17) is 4.98 Å². The van der Waals surface area contributed by atoms with Crippen LogP contribution < -0.4 is 5.32 Å². The Hall–Kier alpha value is -0.410. The third-order valence-electron chi connectivity index (χ3n) is 4.39. The molecular weight excluding hydrogens is 240 g/mol. The first-order chi connectivity index (χ1) is 8.61. The van der Waals surface area contributed by atoms with Crippen LogP contribution in [0, 0.1) is 25.7 Å². The SMILES string of the molecule is CCCNC1CCC(Cc2nc(C)c(C)s2)C1C. The van der Waals surface area contributed by atoms with Crippen LogP contribution in [0.4, 0.5) is 0 Å². The maximum absolute atomic E-state index is 4.69. The topological polar surface area (TPSA) is 24.9 Å². The molecule has 1 aliphatic carbocycles. The summed E-state index contributed by atoms with van der Waals surface area (Å²) >= 11 is 1.89. The summed E-state index contributed by atoms with van der Waals surface area (Å²) in [5, 5.41) is 5.04. The standard InChI is InChI=1S/C15H26N2S/c1-5-8-16-14-7-6-13(10(14)2)9-15-17-11(3)12(4)18-15/h10,13-14,16H,5-9H2,1-4H3. The Balaban J connectivity index is 1.91. The summed E-state index contributed by atoms with van der Waals surface area (Å²) in [6.45, 7) is 10.1. The first-order valence-corrected chi connectivity index (χ1v) is 8.09. The molecule has 0 saturated heterocycles. The number of rotatable bonds is 5. The van der Waals surface area contributed by atoms with Crippen LogP contribution in [0.15, 0.2) is 0 Å². The quantitative estimate of drug-likeness (QED) is 0.878. The molecule has 0 amide bonds. The Morgan fingerprint density at radius 2 is 2.11 bits per heavy atom. The molecule has 2 rings (SSSR count). The number of hydrogen-bond donors (Lipinski definition) is 1. The highest BCUT2D eigenvalue weighted by molar-refractivity contribution is 7.11. The average molecular weight is 266 g/mol. The lowest BCUT2D eigenvalue weighted by atomic mass is 9.93. The number of nitrogens with zero attached hydrogens (tertiary/aromatic N) is 1. The van der Waals surface area contributed by atoms with Gasteiger partial charge in [0.1, 0.15) is 0 Å². The molecule has 0 aliphatic heterocycles. The highest BCUT2D eigenvalue weighted by atomic mass is 32.1.